The molecule has 2 heterocycles. The highest BCUT2D eigenvalue weighted by Gasteiger charge is 2.16. The second kappa shape index (κ2) is 9.41. The van der Waals surface area contributed by atoms with Gasteiger partial charge in [-0.1, -0.05) is 29.8 Å². The molecule has 5 rings (SSSR count). The number of carbonyl (C=O) groups excluding carboxylic acids is 1. The maximum atomic E-state index is 13.0. The lowest BCUT2D eigenvalue weighted by Crippen LogP contribution is -2.21. The number of amides is 1. The van der Waals surface area contributed by atoms with Crippen LogP contribution in [0.25, 0.3) is 22.3 Å². The normalized spacial score (nSPS) is 13.8. The first kappa shape index (κ1) is 21.7. The smallest absolute Gasteiger partial charge is 0.255 e. The third-order valence-corrected chi connectivity index (χ3v) is 7.21. The number of aromatic nitrogens is 2. The number of carbonyl (C=O) groups is 1. The van der Waals surface area contributed by atoms with Gasteiger partial charge in [0.25, 0.3) is 5.91 Å². The van der Waals surface area contributed by atoms with Crippen molar-refractivity contribution in [2.75, 3.05) is 21.9 Å². The molecule has 0 aliphatic carbocycles. The minimum atomic E-state index is -0.155. The van der Waals surface area contributed by atoms with E-state index < -0.39 is 0 Å². The van der Waals surface area contributed by atoms with Gasteiger partial charge < -0.3 is 9.62 Å². The van der Waals surface area contributed by atoms with Crippen LogP contribution in [-0.2, 0) is 0 Å². The predicted octanol–water partition coefficient (Wildman–Crippen LogP) is 6.76. The second-order valence-electron chi connectivity index (χ2n) is 8.04. The van der Waals surface area contributed by atoms with Crippen molar-refractivity contribution in [3.63, 3.8) is 0 Å². The van der Waals surface area contributed by atoms with Crippen LogP contribution in [0.3, 0.4) is 0 Å². The molecule has 0 spiro atoms. The number of fused-ring (bicyclic) bond motifs is 1. The molecule has 1 aromatic heterocycles. The summed E-state index contributed by atoms with van der Waals surface area (Å²) in [5.41, 5.74) is 4.91. The number of halogens is 1. The summed E-state index contributed by atoms with van der Waals surface area (Å²) in [6, 6.07) is 19.2. The Kier molecular flexibility index (Phi) is 6.20. The number of hydrogen-bond acceptors (Lipinski definition) is 5. The fourth-order valence-corrected chi connectivity index (χ4v) is 5.21. The second-order valence-corrected chi connectivity index (χ2v) is 9.56. The van der Waals surface area contributed by atoms with Crippen LogP contribution in [0.2, 0.25) is 5.02 Å². The number of aryl methyl sites for hydroxylation is 1. The van der Waals surface area contributed by atoms with Crippen LogP contribution in [0, 0.1) is 6.92 Å². The van der Waals surface area contributed by atoms with Crippen molar-refractivity contribution in [3.05, 3.63) is 83.0 Å². The minimum absolute atomic E-state index is 0.155. The molecule has 3 aromatic carbocycles. The number of nitrogens with zero attached hydrogens (tertiary/aromatic N) is 3. The van der Waals surface area contributed by atoms with Gasteiger partial charge in [-0.3, -0.25) is 4.79 Å². The number of rotatable bonds is 4. The van der Waals surface area contributed by atoms with Crippen molar-refractivity contribution in [3.8, 4) is 11.4 Å². The van der Waals surface area contributed by atoms with Gasteiger partial charge >= 0.3 is 0 Å². The van der Waals surface area contributed by atoms with Crippen molar-refractivity contribution < 1.29 is 4.79 Å². The van der Waals surface area contributed by atoms with Gasteiger partial charge in [-0.05, 0) is 79.7 Å². The van der Waals surface area contributed by atoms with E-state index in [9.17, 15) is 4.79 Å². The van der Waals surface area contributed by atoms with Crippen LogP contribution < -0.4 is 9.62 Å². The Balaban J connectivity index is 1.38. The largest absolute Gasteiger partial charge is 0.322 e. The molecule has 1 amide bonds. The first-order valence-corrected chi connectivity index (χ1v) is 12.2. The van der Waals surface area contributed by atoms with Gasteiger partial charge in [0.1, 0.15) is 0 Å². The zero-order chi connectivity index (χ0) is 22.8. The number of nitrogens with one attached hydrogen (secondary N) is 1. The predicted molar refractivity (Wildman–Crippen MR) is 138 cm³/mol. The minimum Gasteiger partial charge on any atom is -0.322 e. The lowest BCUT2D eigenvalue weighted by molar-refractivity contribution is 0.102. The molecular weight excluding hydrogens is 452 g/mol. The average molecular weight is 475 g/mol. The van der Waals surface area contributed by atoms with Crippen LogP contribution in [-0.4, -0.2) is 28.2 Å². The monoisotopic (exact) mass is 474 g/mol. The van der Waals surface area contributed by atoms with Crippen molar-refractivity contribution in [1.82, 2.24) is 9.97 Å². The maximum Gasteiger partial charge on any atom is 0.255 e. The molecule has 0 unspecified atom stereocenters. The molecule has 0 radical (unpaired) electrons. The van der Waals surface area contributed by atoms with Gasteiger partial charge in [-0.2, -0.15) is 0 Å². The number of benzene rings is 3. The highest BCUT2D eigenvalue weighted by molar-refractivity contribution is 8.00. The van der Waals surface area contributed by atoms with E-state index >= 15 is 0 Å². The number of hydrogen-bond donors (Lipinski definition) is 1. The van der Waals surface area contributed by atoms with E-state index in [2.05, 4.69) is 25.7 Å². The molecule has 166 valence electrons. The van der Waals surface area contributed by atoms with Crippen LogP contribution in [0.15, 0.2) is 66.9 Å². The first-order valence-electron chi connectivity index (χ1n) is 10.9. The van der Waals surface area contributed by atoms with E-state index in [1.807, 2.05) is 61.3 Å². The molecule has 0 saturated carbocycles. The summed E-state index contributed by atoms with van der Waals surface area (Å²) in [4.78, 5) is 22.1. The van der Waals surface area contributed by atoms with Gasteiger partial charge in [0, 0.05) is 46.4 Å². The molecule has 1 saturated heterocycles. The van der Waals surface area contributed by atoms with Crippen LogP contribution in [0.1, 0.15) is 28.8 Å². The summed E-state index contributed by atoms with van der Waals surface area (Å²) >= 11 is 8.30. The molecule has 1 aliphatic rings. The third kappa shape index (κ3) is 4.68. The molecular formula is C26H23ClN4OS. The average Bonchev–Trinajstić information content (AvgIpc) is 2.85. The molecule has 4 aromatic rings. The van der Waals surface area contributed by atoms with Crippen LogP contribution in [0.5, 0.6) is 0 Å². The molecule has 5 nitrogen and oxygen atoms in total. The summed E-state index contributed by atoms with van der Waals surface area (Å²) in [5, 5.41) is 4.49. The van der Waals surface area contributed by atoms with Crippen LogP contribution >= 0.6 is 23.5 Å². The Labute approximate surface area is 202 Å². The Hall–Kier alpha value is -3.09. The number of anilines is 2. The Morgan fingerprint density at radius 1 is 1.09 bits per heavy atom. The van der Waals surface area contributed by atoms with Gasteiger partial charge in [-0.25, -0.2) is 9.97 Å². The van der Waals surface area contributed by atoms with E-state index in [1.165, 1.54) is 12.8 Å². The summed E-state index contributed by atoms with van der Waals surface area (Å²) in [6.07, 6.45) is 4.24. The first-order chi connectivity index (χ1) is 16.1. The quantitative estimate of drug-likeness (QED) is 0.331. The highest BCUT2D eigenvalue weighted by atomic mass is 35.5. The summed E-state index contributed by atoms with van der Waals surface area (Å²) in [5.74, 6) is 1.51. The number of para-hydroxylation sites is 1. The summed E-state index contributed by atoms with van der Waals surface area (Å²) in [7, 11) is 0. The molecule has 1 N–H and O–H groups in total. The molecule has 1 fully saturated rings. The zero-order valence-corrected chi connectivity index (χ0v) is 19.8. The Morgan fingerprint density at radius 2 is 1.97 bits per heavy atom. The molecule has 0 bridgehead atoms. The summed E-state index contributed by atoms with van der Waals surface area (Å²) in [6.45, 7) is 3.02. The Morgan fingerprint density at radius 3 is 2.79 bits per heavy atom. The highest BCUT2D eigenvalue weighted by Crippen LogP contribution is 2.31. The van der Waals surface area contributed by atoms with Crippen molar-refractivity contribution in [1.29, 1.82) is 0 Å². The zero-order valence-electron chi connectivity index (χ0n) is 18.2. The fraction of sp³-hybridized carbons (Fsp3) is 0.192. The van der Waals surface area contributed by atoms with Gasteiger partial charge in [-0.15, -0.1) is 0 Å². The maximum absolute atomic E-state index is 13.0. The SMILES string of the molecule is Cc1cc(N2CCCCS2)ccc1C(=O)Nc1ccc(Cl)c(-c2ncc3ccccc3n2)c1. The standard InChI is InChI=1S/C26H23ClN4OS/c1-17-14-20(31-12-4-5-13-33-31)9-10-21(17)26(32)29-19-8-11-23(27)22(15-19)25-28-16-18-6-2-3-7-24(18)30-25/h2-3,6-11,14-16H,4-5,12-13H2,1H3,(H,29,32). The summed E-state index contributed by atoms with van der Waals surface area (Å²) < 4.78 is 2.31. The fourth-order valence-electron chi connectivity index (χ4n) is 3.93. The topological polar surface area (TPSA) is 58.1 Å². The Bertz CT molecular complexity index is 1340. The van der Waals surface area contributed by atoms with Gasteiger partial charge in [0.2, 0.25) is 0 Å². The van der Waals surface area contributed by atoms with E-state index in [0.717, 1.165) is 34.5 Å². The molecule has 7 heteroatoms. The lowest BCUT2D eigenvalue weighted by Gasteiger charge is -2.27. The van der Waals surface area contributed by atoms with Gasteiger partial charge in [0.15, 0.2) is 5.82 Å². The van der Waals surface area contributed by atoms with Crippen molar-refractivity contribution in [2.45, 2.75) is 19.8 Å². The third-order valence-electron chi connectivity index (χ3n) is 5.70. The van der Waals surface area contributed by atoms with Gasteiger partial charge in [0.05, 0.1) is 10.5 Å². The van der Waals surface area contributed by atoms with E-state index in [0.29, 0.717) is 27.7 Å². The van der Waals surface area contributed by atoms with Crippen molar-refractivity contribution >= 4 is 51.7 Å². The van der Waals surface area contributed by atoms with E-state index in [1.54, 1.807) is 18.3 Å². The molecule has 33 heavy (non-hydrogen) atoms. The van der Waals surface area contributed by atoms with E-state index in [4.69, 9.17) is 11.6 Å². The molecule has 0 atom stereocenters. The lowest BCUT2D eigenvalue weighted by atomic mass is 10.1. The van der Waals surface area contributed by atoms with Crippen LogP contribution in [0.4, 0.5) is 11.4 Å². The molecule has 1 aliphatic heterocycles. The van der Waals surface area contributed by atoms with Crippen molar-refractivity contribution in [2.24, 2.45) is 0 Å². The van der Waals surface area contributed by atoms with E-state index in [-0.39, 0.29) is 5.91 Å².